The van der Waals surface area contributed by atoms with Crippen LogP contribution in [0.4, 0.5) is 14.9 Å². The highest BCUT2D eigenvalue weighted by Crippen LogP contribution is 2.39. The fourth-order valence-corrected chi connectivity index (χ4v) is 3.67. The first-order valence-electron chi connectivity index (χ1n) is 8.90. The second-order valence-electron chi connectivity index (χ2n) is 7.11. The number of amides is 2. The van der Waals surface area contributed by atoms with Crippen LogP contribution in [0, 0.1) is 17.1 Å². The molecule has 0 saturated heterocycles. The molecule has 2 aromatic rings. The van der Waals surface area contributed by atoms with E-state index >= 15 is 0 Å². The molecule has 7 heteroatoms. The van der Waals surface area contributed by atoms with Crippen LogP contribution in [-0.4, -0.2) is 27.2 Å². The molecule has 1 aliphatic carbocycles. The predicted molar refractivity (Wildman–Crippen MR) is 94.0 cm³/mol. The van der Waals surface area contributed by atoms with E-state index in [0.29, 0.717) is 18.2 Å². The first kappa shape index (κ1) is 16.6. The zero-order valence-corrected chi connectivity index (χ0v) is 14.6. The molecule has 4 rings (SSSR count). The van der Waals surface area contributed by atoms with Gasteiger partial charge < -0.3 is 10.2 Å². The highest BCUT2D eigenvalue weighted by molar-refractivity contribution is 5.90. The Labute approximate surface area is 151 Å². The van der Waals surface area contributed by atoms with E-state index in [4.69, 9.17) is 5.26 Å². The molecule has 2 N–H and O–H groups in total. The van der Waals surface area contributed by atoms with Crippen molar-refractivity contribution < 1.29 is 9.18 Å². The van der Waals surface area contributed by atoms with Gasteiger partial charge in [-0.15, -0.1) is 0 Å². The normalized spacial score (nSPS) is 19.4. The third-order valence-corrected chi connectivity index (χ3v) is 5.44. The Balaban J connectivity index is 1.53. The van der Waals surface area contributed by atoms with Gasteiger partial charge in [-0.1, -0.05) is 6.42 Å². The molecule has 2 heterocycles. The minimum Gasteiger partial charge on any atom is -0.317 e. The number of fused-ring (bicyclic) bond motifs is 1. The molecule has 6 nitrogen and oxygen atoms in total. The number of nitrogens with zero attached hydrogens (tertiary/aromatic N) is 3. The first-order valence-corrected chi connectivity index (χ1v) is 8.90. The lowest BCUT2D eigenvalue weighted by atomic mass is 9.80. The Bertz CT molecular complexity index is 896. The molecular weight excluding hydrogens is 333 g/mol. The molecular formula is C19H20FN5O. The molecule has 1 fully saturated rings. The molecule has 1 aliphatic heterocycles. The minimum absolute atomic E-state index is 0.0214. The van der Waals surface area contributed by atoms with Gasteiger partial charge in [0.2, 0.25) is 0 Å². The maximum atomic E-state index is 13.5. The molecule has 1 unspecified atom stereocenters. The van der Waals surface area contributed by atoms with Crippen LogP contribution in [0.3, 0.4) is 0 Å². The van der Waals surface area contributed by atoms with Crippen LogP contribution in [-0.2, 0) is 13.0 Å². The van der Waals surface area contributed by atoms with Gasteiger partial charge in [0.15, 0.2) is 0 Å². The van der Waals surface area contributed by atoms with E-state index in [1.54, 1.807) is 11.0 Å². The molecule has 1 aromatic heterocycles. The van der Waals surface area contributed by atoms with Crippen molar-refractivity contribution in [3.8, 4) is 6.07 Å². The number of H-pyrrole nitrogens is 1. The van der Waals surface area contributed by atoms with Crippen LogP contribution < -0.4 is 5.32 Å². The maximum absolute atomic E-state index is 13.5. The number of carbonyl (C=O) groups excluding carboxylic acids is 1. The smallest absolute Gasteiger partial charge is 0.317 e. The molecule has 134 valence electrons. The summed E-state index contributed by atoms with van der Waals surface area (Å²) in [6, 6.07) is 5.57. The van der Waals surface area contributed by atoms with Gasteiger partial charge in [-0.25, -0.2) is 9.18 Å². The lowest BCUT2D eigenvalue weighted by molar-refractivity contribution is 0.181. The molecule has 1 aromatic carbocycles. The zero-order valence-electron chi connectivity index (χ0n) is 14.6. The molecule has 1 saturated carbocycles. The molecule has 0 radical (unpaired) electrons. The maximum Gasteiger partial charge on any atom is 0.322 e. The van der Waals surface area contributed by atoms with Crippen molar-refractivity contribution in [3.63, 3.8) is 0 Å². The van der Waals surface area contributed by atoms with Gasteiger partial charge in [0, 0.05) is 35.3 Å². The number of rotatable bonds is 2. The van der Waals surface area contributed by atoms with Crippen molar-refractivity contribution in [3.05, 3.63) is 46.5 Å². The number of nitrogens with one attached hydrogen (secondary N) is 2. The number of benzene rings is 1. The van der Waals surface area contributed by atoms with Crippen molar-refractivity contribution >= 4 is 11.7 Å². The summed E-state index contributed by atoms with van der Waals surface area (Å²) >= 11 is 0. The van der Waals surface area contributed by atoms with E-state index in [1.165, 1.54) is 24.6 Å². The number of carbonyl (C=O) groups is 1. The van der Waals surface area contributed by atoms with Gasteiger partial charge in [-0.2, -0.15) is 10.4 Å². The molecule has 0 spiro atoms. The summed E-state index contributed by atoms with van der Waals surface area (Å²) in [5, 5.41) is 19.4. The number of hydrogen-bond donors (Lipinski definition) is 2. The van der Waals surface area contributed by atoms with Crippen molar-refractivity contribution in [1.29, 1.82) is 5.26 Å². The Hall–Kier alpha value is -2.88. The fourth-order valence-electron chi connectivity index (χ4n) is 3.67. The number of aromatic nitrogens is 2. The molecule has 26 heavy (non-hydrogen) atoms. The first-order chi connectivity index (χ1) is 12.6. The largest absolute Gasteiger partial charge is 0.322 e. The van der Waals surface area contributed by atoms with Gasteiger partial charge in [0.25, 0.3) is 0 Å². The van der Waals surface area contributed by atoms with Gasteiger partial charge in [-0.3, -0.25) is 5.10 Å². The van der Waals surface area contributed by atoms with E-state index in [1.807, 2.05) is 6.92 Å². The van der Waals surface area contributed by atoms with E-state index in [9.17, 15) is 9.18 Å². The van der Waals surface area contributed by atoms with Crippen molar-refractivity contribution in [1.82, 2.24) is 15.1 Å². The summed E-state index contributed by atoms with van der Waals surface area (Å²) in [5.41, 5.74) is 3.69. The third kappa shape index (κ3) is 2.81. The summed E-state index contributed by atoms with van der Waals surface area (Å²) < 4.78 is 13.5. The van der Waals surface area contributed by atoms with Crippen LogP contribution in [0.25, 0.3) is 0 Å². The Morgan fingerprint density at radius 2 is 2.27 bits per heavy atom. The molecule has 2 aliphatic rings. The zero-order chi connectivity index (χ0) is 18.3. The average molecular weight is 353 g/mol. The second kappa shape index (κ2) is 6.45. The minimum atomic E-state index is -0.593. The number of halogens is 1. The van der Waals surface area contributed by atoms with Gasteiger partial charge in [0.05, 0.1) is 17.8 Å². The van der Waals surface area contributed by atoms with Crippen molar-refractivity contribution in [2.24, 2.45) is 0 Å². The summed E-state index contributed by atoms with van der Waals surface area (Å²) in [6.45, 7) is 2.51. The second-order valence-corrected chi connectivity index (χ2v) is 7.11. The Morgan fingerprint density at radius 1 is 1.46 bits per heavy atom. The Kier molecular flexibility index (Phi) is 4.11. The standard InChI is InChI=1S/C19H20FN5O/c1-11-7-17-15(18(24-23-17)12-3-2-4-12)10-25(11)19(26)22-14-5-6-16(20)13(8-14)9-21/h5-6,8,11-12H,2-4,7,10H2,1H3,(H,22,26)(H,23,24). The molecule has 1 atom stereocenters. The lowest BCUT2D eigenvalue weighted by Crippen LogP contribution is -2.45. The Morgan fingerprint density at radius 3 is 2.96 bits per heavy atom. The van der Waals surface area contributed by atoms with Gasteiger partial charge in [-0.05, 0) is 38.0 Å². The summed E-state index contributed by atoms with van der Waals surface area (Å²) in [5.74, 6) is -0.0892. The number of anilines is 1. The summed E-state index contributed by atoms with van der Waals surface area (Å²) in [7, 11) is 0. The summed E-state index contributed by atoms with van der Waals surface area (Å²) in [4.78, 5) is 14.5. The summed E-state index contributed by atoms with van der Waals surface area (Å²) in [6.07, 6.45) is 4.28. The van der Waals surface area contributed by atoms with Crippen molar-refractivity contribution in [2.45, 2.75) is 51.1 Å². The number of hydrogen-bond acceptors (Lipinski definition) is 3. The van der Waals surface area contributed by atoms with E-state index in [0.717, 1.165) is 36.2 Å². The highest BCUT2D eigenvalue weighted by atomic mass is 19.1. The quantitative estimate of drug-likeness (QED) is 0.864. The monoisotopic (exact) mass is 353 g/mol. The van der Waals surface area contributed by atoms with E-state index in [-0.39, 0.29) is 17.6 Å². The van der Waals surface area contributed by atoms with Crippen LogP contribution >= 0.6 is 0 Å². The topological polar surface area (TPSA) is 84.8 Å². The predicted octanol–water partition coefficient (Wildman–Crippen LogP) is 3.67. The third-order valence-electron chi connectivity index (χ3n) is 5.44. The van der Waals surface area contributed by atoms with Crippen LogP contribution in [0.5, 0.6) is 0 Å². The number of urea groups is 1. The fraction of sp³-hybridized carbons (Fsp3) is 0.421. The van der Waals surface area contributed by atoms with Crippen LogP contribution in [0.1, 0.15) is 54.6 Å². The van der Waals surface area contributed by atoms with Crippen LogP contribution in [0.15, 0.2) is 18.2 Å². The lowest BCUT2D eigenvalue weighted by Gasteiger charge is -2.34. The van der Waals surface area contributed by atoms with E-state index in [2.05, 4.69) is 15.5 Å². The number of aromatic amines is 1. The molecule has 0 bridgehead atoms. The number of nitriles is 1. The molecule has 2 amide bonds. The average Bonchev–Trinajstić information content (AvgIpc) is 2.96. The van der Waals surface area contributed by atoms with Crippen LogP contribution in [0.2, 0.25) is 0 Å². The van der Waals surface area contributed by atoms with Gasteiger partial charge >= 0.3 is 6.03 Å². The SMILES string of the molecule is CC1Cc2[nH]nc(C3CCC3)c2CN1C(=O)Nc1ccc(F)c(C#N)c1. The van der Waals surface area contributed by atoms with Crippen molar-refractivity contribution in [2.75, 3.05) is 5.32 Å². The van der Waals surface area contributed by atoms with E-state index < -0.39 is 5.82 Å². The highest BCUT2D eigenvalue weighted by Gasteiger charge is 2.33. The van der Waals surface area contributed by atoms with Gasteiger partial charge in [0.1, 0.15) is 11.9 Å².